The summed E-state index contributed by atoms with van der Waals surface area (Å²) in [5, 5.41) is 46.2. The van der Waals surface area contributed by atoms with Gasteiger partial charge in [0.2, 0.25) is 0 Å². The van der Waals surface area contributed by atoms with Crippen molar-refractivity contribution in [3.05, 3.63) is 130 Å². The summed E-state index contributed by atoms with van der Waals surface area (Å²) >= 11 is 2.69. The van der Waals surface area contributed by atoms with Crippen LogP contribution in [0.3, 0.4) is 0 Å². The molecule has 62 heavy (non-hydrogen) atoms. The van der Waals surface area contributed by atoms with Crippen molar-refractivity contribution in [2.75, 3.05) is 26.4 Å². The maximum absolute atomic E-state index is 11.6. The zero-order valence-electron chi connectivity index (χ0n) is 34.3. The Morgan fingerprint density at radius 1 is 0.387 bits per heavy atom. The van der Waals surface area contributed by atoms with E-state index in [1.807, 2.05) is 36.4 Å². The van der Waals surface area contributed by atoms with Crippen molar-refractivity contribution in [2.45, 2.75) is 26.4 Å². The number of hydrogen-bond acceptors (Lipinski definition) is 16. The predicted octanol–water partition coefficient (Wildman–Crippen LogP) is -9.48. The first-order chi connectivity index (χ1) is 28.0. The SMILES string of the molecule is O=C([O-])c1cc(C(=O)[O-])cc(-c2ccc(-c3cc4nc(c3)COCCOCc3cc(-c5ccc(-c6cc(C(=O)[O-])cc(C(=O)[O-])c6)s5)cc(n3)COCCOC4)s2)c1.[Cs+].[Cs+].[Cs+].[Cs+]. The fourth-order valence-corrected chi connectivity index (χ4v) is 8.09. The molecule has 0 amide bonds. The number of nitrogens with zero attached hydrogens (tertiary/aromatic N) is 2. The molecule has 0 radical (unpaired) electrons. The summed E-state index contributed by atoms with van der Waals surface area (Å²) in [5.74, 6) is -5.99. The molecule has 1 aliphatic rings. The summed E-state index contributed by atoms with van der Waals surface area (Å²) in [6.45, 7) is 1.68. The Morgan fingerprint density at radius 2 is 0.613 bits per heavy atom. The first kappa shape index (κ1) is 58.4. The van der Waals surface area contributed by atoms with E-state index in [9.17, 15) is 39.6 Å². The number of rotatable bonds is 8. The number of carbonyl (C=O) groups is 4. The molecule has 0 saturated heterocycles. The summed E-state index contributed by atoms with van der Waals surface area (Å²) in [4.78, 5) is 58.6. The van der Waals surface area contributed by atoms with Gasteiger partial charge in [0.15, 0.2) is 0 Å². The van der Waals surface area contributed by atoms with Crippen LogP contribution in [0, 0.1) is 0 Å². The van der Waals surface area contributed by atoms with E-state index in [2.05, 4.69) is 0 Å². The molecular formula is C42H30Cs4N2O12S2. The Hall–Kier alpha value is 2.07. The molecule has 2 aromatic carbocycles. The summed E-state index contributed by atoms with van der Waals surface area (Å²) in [6, 6.07) is 22.2. The van der Waals surface area contributed by atoms with E-state index in [-0.39, 0.29) is 351 Å². The van der Waals surface area contributed by atoms with Crippen LogP contribution in [0.4, 0.5) is 0 Å². The van der Waals surface area contributed by atoms with Gasteiger partial charge in [-0.25, -0.2) is 0 Å². The molecule has 0 aliphatic carbocycles. The van der Waals surface area contributed by atoms with Gasteiger partial charge >= 0.3 is 276 Å². The van der Waals surface area contributed by atoms with E-state index in [0.29, 0.717) is 43.7 Å². The van der Waals surface area contributed by atoms with Crippen molar-refractivity contribution in [3.63, 3.8) is 0 Å². The van der Waals surface area contributed by atoms with Gasteiger partial charge in [0, 0.05) is 19.5 Å². The van der Waals surface area contributed by atoms with Crippen molar-refractivity contribution in [2.24, 2.45) is 0 Å². The summed E-state index contributed by atoms with van der Waals surface area (Å²) < 4.78 is 23.7. The normalized spacial score (nSPS) is 13.0. The number of thiophene rings is 2. The van der Waals surface area contributed by atoms with Gasteiger partial charge < -0.3 is 58.6 Å². The van der Waals surface area contributed by atoms with Gasteiger partial charge in [-0.3, -0.25) is 9.97 Å². The number of pyridine rings is 2. The molecule has 0 atom stereocenters. The Labute approximate surface area is 599 Å². The average Bonchev–Trinajstić information content (AvgIpc) is 3.91. The number of hydrogen-bond donors (Lipinski definition) is 0. The van der Waals surface area contributed by atoms with Crippen LogP contribution in [0.15, 0.2) is 84.9 Å². The molecule has 0 saturated carbocycles. The van der Waals surface area contributed by atoms with E-state index >= 15 is 0 Å². The monoisotopic (exact) mass is 1350 g/mol. The van der Waals surface area contributed by atoms with Crippen LogP contribution in [0.2, 0.25) is 0 Å². The van der Waals surface area contributed by atoms with Gasteiger partial charge in [0.1, 0.15) is 0 Å². The molecule has 0 unspecified atom stereocenters. The van der Waals surface area contributed by atoms with Crippen LogP contribution < -0.4 is 296 Å². The van der Waals surface area contributed by atoms with Crippen molar-refractivity contribution in [1.82, 2.24) is 9.97 Å². The maximum Gasteiger partial charge on any atom is 1.00 e. The summed E-state index contributed by atoms with van der Waals surface area (Å²) in [5.41, 5.74) is 3.91. The minimum Gasteiger partial charge on any atom is -0.545 e. The van der Waals surface area contributed by atoms with Gasteiger partial charge in [-0.1, -0.05) is 0 Å². The van der Waals surface area contributed by atoms with E-state index in [4.69, 9.17) is 28.9 Å². The second kappa shape index (κ2) is 28.7. The molecule has 20 heteroatoms. The third-order valence-corrected chi connectivity index (χ3v) is 11.1. The Kier molecular flexibility index (Phi) is 27.0. The molecule has 14 nitrogen and oxygen atoms in total. The van der Waals surface area contributed by atoms with Crippen LogP contribution in [0.5, 0.6) is 0 Å². The molecule has 0 spiro atoms. The molecule has 5 heterocycles. The number of aromatic nitrogens is 2. The third-order valence-electron chi connectivity index (χ3n) is 8.77. The molecule has 6 aromatic rings. The minimum absolute atomic E-state index is 0. The van der Waals surface area contributed by atoms with Gasteiger partial charge in [-0.15, -0.1) is 22.7 Å². The number of ether oxygens (including phenoxy) is 4. The fraction of sp³-hybridized carbons (Fsp3) is 0.190. The Morgan fingerprint density at radius 3 is 0.839 bits per heavy atom. The first-order valence-corrected chi connectivity index (χ1v) is 19.3. The van der Waals surface area contributed by atoms with Crippen molar-refractivity contribution in [3.8, 4) is 41.8 Å². The maximum atomic E-state index is 11.6. The number of fused-ring (bicyclic) bond motifs is 4. The summed E-state index contributed by atoms with van der Waals surface area (Å²) in [6.07, 6.45) is 0. The smallest absolute Gasteiger partial charge is 0.545 e. The number of carboxylic acid groups (broad SMARTS) is 4. The topological polar surface area (TPSA) is 223 Å². The average molecular weight is 1350 g/mol. The van der Waals surface area contributed by atoms with Crippen molar-refractivity contribution < 1.29 is 334 Å². The van der Waals surface area contributed by atoms with E-state index < -0.39 is 23.9 Å². The molecule has 7 rings (SSSR count). The number of aromatic carboxylic acids is 4. The predicted molar refractivity (Wildman–Crippen MR) is 202 cm³/mol. The third kappa shape index (κ3) is 16.6. The van der Waals surface area contributed by atoms with E-state index in [0.717, 1.165) is 33.0 Å². The Bertz CT molecular complexity index is 2260. The number of carboxylic acids is 4. The van der Waals surface area contributed by atoms with Crippen LogP contribution in [0.1, 0.15) is 64.2 Å². The van der Waals surface area contributed by atoms with Crippen LogP contribution in [-0.2, 0) is 45.4 Å². The number of carbonyl (C=O) groups excluding carboxylic acids is 4. The van der Waals surface area contributed by atoms with Gasteiger partial charge in [-0.05, 0) is 129 Å². The zero-order chi connectivity index (χ0) is 40.8. The first-order valence-electron chi connectivity index (χ1n) is 17.7. The van der Waals surface area contributed by atoms with Gasteiger partial charge in [-0.2, -0.15) is 0 Å². The zero-order valence-corrected chi connectivity index (χ0v) is 61.1. The van der Waals surface area contributed by atoms with Crippen LogP contribution in [-0.4, -0.2) is 60.3 Å². The molecular weight excluding hydrogens is 1320 g/mol. The Balaban J connectivity index is 0.00000256. The van der Waals surface area contributed by atoms with E-state index in [1.54, 1.807) is 12.1 Å². The van der Waals surface area contributed by atoms with E-state index in [1.165, 1.54) is 46.9 Å². The quantitative estimate of drug-likeness (QED) is 0.138. The minimum atomic E-state index is -1.50. The van der Waals surface area contributed by atoms with Gasteiger partial charge in [0.25, 0.3) is 0 Å². The molecule has 4 aromatic heterocycles. The van der Waals surface area contributed by atoms with Gasteiger partial charge in [0.05, 0.1) is 99.5 Å². The second-order valence-electron chi connectivity index (χ2n) is 13.0. The standard InChI is InChI=1S/C42H34N2O12S2.4Cs/c45-39(46)27-9-23(10-28(13-27)40(47)48)35-1-3-37(57-35)25-15-31-19-53-5-7-55-21-33-17-26(18-34(44-33)22-56-8-6-54-20-32(16-25)43-31)38-4-2-36(58-38)24-11-29(41(49)50)14-30(12-24)42(51)52;;;;/h1-4,9-18H,5-8,19-22H2,(H,45,46)(H,47,48)(H,49,50)(H,51,52);;;;/q;4*+1/p-4. The molecule has 0 N–H and O–H groups in total. The van der Waals surface area contributed by atoms with Crippen LogP contribution in [0.25, 0.3) is 41.8 Å². The molecule has 296 valence electrons. The largest absolute Gasteiger partial charge is 1.00 e. The molecule has 1 aliphatic heterocycles. The fourth-order valence-electron chi connectivity index (χ4n) is 6.13. The summed E-state index contributed by atoms with van der Waals surface area (Å²) in [7, 11) is 0. The second-order valence-corrected chi connectivity index (χ2v) is 15.1. The van der Waals surface area contributed by atoms with Crippen LogP contribution >= 0.6 is 22.7 Å². The van der Waals surface area contributed by atoms with Crippen molar-refractivity contribution in [1.29, 1.82) is 0 Å². The molecule has 4 bridgehead atoms. The molecule has 0 fully saturated rings. The number of benzene rings is 2. The van der Waals surface area contributed by atoms with Crippen molar-refractivity contribution >= 4 is 46.6 Å².